The summed E-state index contributed by atoms with van der Waals surface area (Å²) >= 11 is 0. The highest BCUT2D eigenvalue weighted by molar-refractivity contribution is 5.89. The van der Waals surface area contributed by atoms with Crippen molar-refractivity contribution in [3.8, 4) is 5.75 Å². The van der Waals surface area contributed by atoms with Crippen molar-refractivity contribution in [1.82, 2.24) is 10.6 Å². The number of aliphatic imine (C=N–C) groups is 1. The molecule has 1 aliphatic carbocycles. The number of nitrogens with two attached hydrogens (primary N) is 1. The van der Waals surface area contributed by atoms with Gasteiger partial charge in [-0.25, -0.2) is 4.99 Å². The predicted molar refractivity (Wildman–Crippen MR) is 98.7 cm³/mol. The van der Waals surface area contributed by atoms with Crippen LogP contribution in [-0.4, -0.2) is 24.1 Å². The van der Waals surface area contributed by atoms with Gasteiger partial charge in [0.25, 0.3) is 0 Å². The normalized spacial score (nSPS) is 21.9. The Morgan fingerprint density at radius 1 is 1.33 bits per heavy atom. The van der Waals surface area contributed by atoms with E-state index in [9.17, 15) is 0 Å². The maximum Gasteiger partial charge on any atom is 0.153 e. The zero-order valence-electron chi connectivity index (χ0n) is 14.8. The number of rotatable bonds is 7. The van der Waals surface area contributed by atoms with E-state index in [4.69, 9.17) is 10.5 Å². The molecule has 132 valence electrons. The monoisotopic (exact) mass is 330 g/mol. The lowest BCUT2D eigenvalue weighted by Crippen LogP contribution is -2.46. The van der Waals surface area contributed by atoms with Crippen LogP contribution in [0.5, 0.6) is 5.75 Å². The van der Waals surface area contributed by atoms with E-state index < -0.39 is 0 Å². The zero-order chi connectivity index (χ0) is 16.9. The lowest BCUT2D eigenvalue weighted by atomic mass is 10.1. The summed E-state index contributed by atoms with van der Waals surface area (Å²) in [6.45, 7) is 4.98. The van der Waals surface area contributed by atoms with Gasteiger partial charge in [-0.1, -0.05) is 32.3 Å². The fraction of sp³-hybridized carbons (Fsp3) is 0.632. The molecule has 1 aliphatic heterocycles. The Hall–Kier alpha value is -1.59. The van der Waals surface area contributed by atoms with Crippen LogP contribution in [-0.2, 0) is 6.54 Å². The van der Waals surface area contributed by atoms with Crippen LogP contribution in [0, 0.1) is 0 Å². The lowest BCUT2D eigenvalue weighted by molar-refractivity contribution is 0.281. The molecule has 1 aromatic rings. The number of ether oxygens (including phenoxy) is 1. The molecule has 0 amide bonds. The summed E-state index contributed by atoms with van der Waals surface area (Å²) in [4.78, 5) is 4.46. The molecule has 1 aromatic carbocycles. The molecule has 1 heterocycles. The highest BCUT2D eigenvalue weighted by atomic mass is 16.5. The molecular formula is C19H30N4O. The van der Waals surface area contributed by atoms with E-state index in [2.05, 4.69) is 34.7 Å². The SMILES string of the molecule is CCCC(NCc1ccc2c(c1)N=C(N)C(C)O2)NC1CCCC1. The highest BCUT2D eigenvalue weighted by Crippen LogP contribution is 2.32. The van der Waals surface area contributed by atoms with E-state index in [1.807, 2.05) is 13.0 Å². The summed E-state index contributed by atoms with van der Waals surface area (Å²) < 4.78 is 5.76. The number of hydrogen-bond donors (Lipinski definition) is 3. The van der Waals surface area contributed by atoms with Gasteiger partial charge in [0.1, 0.15) is 17.3 Å². The average molecular weight is 330 g/mol. The summed E-state index contributed by atoms with van der Waals surface area (Å²) in [6, 6.07) is 6.85. The van der Waals surface area contributed by atoms with Crippen molar-refractivity contribution in [2.24, 2.45) is 10.7 Å². The maximum atomic E-state index is 5.90. The quantitative estimate of drug-likeness (QED) is 0.671. The molecule has 0 aromatic heterocycles. The molecule has 3 rings (SSSR count). The van der Waals surface area contributed by atoms with Gasteiger partial charge >= 0.3 is 0 Å². The first kappa shape index (κ1) is 17.2. The van der Waals surface area contributed by atoms with E-state index in [-0.39, 0.29) is 6.10 Å². The average Bonchev–Trinajstić information content (AvgIpc) is 3.07. The Labute approximate surface area is 145 Å². The summed E-state index contributed by atoms with van der Waals surface area (Å²) in [6.07, 6.45) is 7.89. The lowest BCUT2D eigenvalue weighted by Gasteiger charge is -2.25. The summed E-state index contributed by atoms with van der Waals surface area (Å²) in [5.74, 6) is 1.36. The second kappa shape index (κ2) is 7.99. The van der Waals surface area contributed by atoms with Crippen molar-refractivity contribution in [2.45, 2.75) is 77.2 Å². The third-order valence-electron chi connectivity index (χ3n) is 4.92. The first-order chi connectivity index (χ1) is 11.7. The van der Waals surface area contributed by atoms with Crippen molar-refractivity contribution in [1.29, 1.82) is 0 Å². The van der Waals surface area contributed by atoms with Gasteiger partial charge in [-0.05, 0) is 43.9 Å². The van der Waals surface area contributed by atoms with Crippen molar-refractivity contribution >= 4 is 11.5 Å². The van der Waals surface area contributed by atoms with Gasteiger partial charge in [-0.2, -0.15) is 0 Å². The molecule has 1 fully saturated rings. The number of hydrogen-bond acceptors (Lipinski definition) is 5. The molecule has 24 heavy (non-hydrogen) atoms. The van der Waals surface area contributed by atoms with Crippen LogP contribution < -0.4 is 21.1 Å². The van der Waals surface area contributed by atoms with Crippen LogP contribution in [0.25, 0.3) is 0 Å². The topological polar surface area (TPSA) is 71.7 Å². The molecule has 4 N–H and O–H groups in total. The molecule has 0 radical (unpaired) electrons. The van der Waals surface area contributed by atoms with E-state index >= 15 is 0 Å². The minimum absolute atomic E-state index is 0.147. The third kappa shape index (κ3) is 4.28. The Kier molecular flexibility index (Phi) is 5.74. The molecule has 1 saturated carbocycles. The number of fused-ring (bicyclic) bond motifs is 1. The fourth-order valence-electron chi connectivity index (χ4n) is 3.49. The predicted octanol–water partition coefficient (Wildman–Crippen LogP) is 3.20. The zero-order valence-corrected chi connectivity index (χ0v) is 14.8. The Morgan fingerprint density at radius 2 is 2.12 bits per heavy atom. The van der Waals surface area contributed by atoms with Crippen molar-refractivity contribution < 1.29 is 4.74 Å². The van der Waals surface area contributed by atoms with E-state index in [1.165, 1.54) is 37.7 Å². The number of benzene rings is 1. The van der Waals surface area contributed by atoms with Gasteiger partial charge in [0, 0.05) is 12.6 Å². The van der Waals surface area contributed by atoms with Crippen LogP contribution in [0.2, 0.25) is 0 Å². The van der Waals surface area contributed by atoms with Crippen LogP contribution in [0.1, 0.15) is 57.9 Å². The minimum Gasteiger partial charge on any atom is -0.481 e. The van der Waals surface area contributed by atoms with E-state index in [0.29, 0.717) is 18.0 Å². The van der Waals surface area contributed by atoms with Crippen molar-refractivity contribution in [3.63, 3.8) is 0 Å². The highest BCUT2D eigenvalue weighted by Gasteiger charge is 2.20. The smallest absolute Gasteiger partial charge is 0.153 e. The van der Waals surface area contributed by atoms with Gasteiger partial charge in [0.15, 0.2) is 6.10 Å². The molecule has 2 unspecified atom stereocenters. The molecule has 2 atom stereocenters. The number of amidine groups is 1. The molecule has 0 bridgehead atoms. The first-order valence-corrected chi connectivity index (χ1v) is 9.28. The van der Waals surface area contributed by atoms with Gasteiger partial charge in [0.2, 0.25) is 0 Å². The number of nitrogens with zero attached hydrogens (tertiary/aromatic N) is 1. The molecule has 2 aliphatic rings. The van der Waals surface area contributed by atoms with E-state index in [1.54, 1.807) is 0 Å². The van der Waals surface area contributed by atoms with E-state index in [0.717, 1.165) is 24.4 Å². The van der Waals surface area contributed by atoms with Crippen LogP contribution >= 0.6 is 0 Å². The van der Waals surface area contributed by atoms with Gasteiger partial charge in [0.05, 0.1) is 6.17 Å². The molecular weight excluding hydrogens is 300 g/mol. The summed E-state index contributed by atoms with van der Waals surface area (Å²) in [5, 5.41) is 7.44. The van der Waals surface area contributed by atoms with Crippen molar-refractivity contribution in [2.75, 3.05) is 0 Å². The maximum absolute atomic E-state index is 5.90. The first-order valence-electron chi connectivity index (χ1n) is 9.28. The summed E-state index contributed by atoms with van der Waals surface area (Å²) in [7, 11) is 0. The number of nitrogens with one attached hydrogen (secondary N) is 2. The second-order valence-corrected chi connectivity index (χ2v) is 6.97. The van der Waals surface area contributed by atoms with Gasteiger partial charge in [-0.15, -0.1) is 0 Å². The molecule has 0 spiro atoms. The van der Waals surface area contributed by atoms with Crippen LogP contribution in [0.3, 0.4) is 0 Å². The van der Waals surface area contributed by atoms with Gasteiger partial charge < -0.3 is 10.5 Å². The molecule has 5 heteroatoms. The van der Waals surface area contributed by atoms with Gasteiger partial charge in [-0.3, -0.25) is 10.6 Å². The summed E-state index contributed by atoms with van der Waals surface area (Å²) in [5.41, 5.74) is 7.94. The van der Waals surface area contributed by atoms with Crippen LogP contribution in [0.4, 0.5) is 5.69 Å². The molecule has 5 nitrogen and oxygen atoms in total. The largest absolute Gasteiger partial charge is 0.481 e. The Balaban J connectivity index is 1.60. The van der Waals surface area contributed by atoms with Crippen molar-refractivity contribution in [3.05, 3.63) is 23.8 Å². The molecule has 0 saturated heterocycles. The Morgan fingerprint density at radius 3 is 2.88 bits per heavy atom. The third-order valence-corrected chi connectivity index (χ3v) is 4.92. The fourth-order valence-corrected chi connectivity index (χ4v) is 3.49. The minimum atomic E-state index is -0.147. The Bertz CT molecular complexity index is 581. The second-order valence-electron chi connectivity index (χ2n) is 6.97. The standard InChI is InChI=1S/C19H30N4O/c1-3-6-18(22-15-7-4-5-8-15)21-12-14-9-10-17-16(11-14)23-19(20)13(2)24-17/h9-11,13,15,18,21-22H,3-8,12H2,1-2H3,(H2,20,23). The van der Waals surface area contributed by atoms with Crippen LogP contribution in [0.15, 0.2) is 23.2 Å².